The second-order valence-electron chi connectivity index (χ2n) is 8.07. The molecule has 1 amide bonds. The predicted octanol–water partition coefficient (Wildman–Crippen LogP) is 3.60. The molecule has 2 fully saturated rings. The lowest BCUT2D eigenvalue weighted by molar-refractivity contribution is -0.135. The van der Waals surface area contributed by atoms with Crippen molar-refractivity contribution in [3.8, 4) is 0 Å². The van der Waals surface area contributed by atoms with E-state index in [9.17, 15) is 4.79 Å². The summed E-state index contributed by atoms with van der Waals surface area (Å²) < 4.78 is 5.52. The summed E-state index contributed by atoms with van der Waals surface area (Å²) in [5, 5.41) is 0. The SMILES string of the molecule is O=C(CC1CCc2ccccc2C1)N1CCC2(CCOCC2)CC1. The number of fused-ring (bicyclic) bond motifs is 1. The van der Waals surface area contributed by atoms with Gasteiger partial charge in [-0.15, -0.1) is 0 Å². The molecule has 1 unspecified atom stereocenters. The van der Waals surface area contributed by atoms with E-state index in [4.69, 9.17) is 4.74 Å². The zero-order valence-electron chi connectivity index (χ0n) is 14.6. The number of amides is 1. The highest BCUT2D eigenvalue weighted by Gasteiger charge is 2.37. The summed E-state index contributed by atoms with van der Waals surface area (Å²) >= 11 is 0. The van der Waals surface area contributed by atoms with E-state index in [1.165, 1.54) is 36.8 Å². The number of benzene rings is 1. The van der Waals surface area contributed by atoms with Gasteiger partial charge in [-0.1, -0.05) is 24.3 Å². The first-order valence-corrected chi connectivity index (χ1v) is 9.66. The molecule has 0 bridgehead atoms. The van der Waals surface area contributed by atoms with E-state index in [1.54, 1.807) is 0 Å². The van der Waals surface area contributed by atoms with E-state index in [1.807, 2.05) is 0 Å². The monoisotopic (exact) mass is 327 g/mol. The zero-order valence-corrected chi connectivity index (χ0v) is 14.6. The van der Waals surface area contributed by atoms with Crippen molar-refractivity contribution in [2.45, 2.75) is 51.4 Å². The average Bonchev–Trinajstić information content (AvgIpc) is 2.63. The van der Waals surface area contributed by atoms with Crippen LogP contribution in [0.15, 0.2) is 24.3 Å². The Morgan fingerprint density at radius 3 is 2.54 bits per heavy atom. The topological polar surface area (TPSA) is 29.5 Å². The second kappa shape index (κ2) is 6.87. The van der Waals surface area contributed by atoms with Crippen LogP contribution < -0.4 is 0 Å². The first kappa shape index (κ1) is 16.1. The molecule has 0 N–H and O–H groups in total. The Bertz CT molecular complexity index is 581. The summed E-state index contributed by atoms with van der Waals surface area (Å²) in [7, 11) is 0. The molecule has 2 saturated heterocycles. The van der Waals surface area contributed by atoms with Crippen molar-refractivity contribution >= 4 is 5.91 Å². The van der Waals surface area contributed by atoms with Crippen LogP contribution in [0.3, 0.4) is 0 Å². The van der Waals surface area contributed by atoms with Gasteiger partial charge in [0.1, 0.15) is 0 Å². The van der Waals surface area contributed by atoms with Crippen LogP contribution in [0.5, 0.6) is 0 Å². The van der Waals surface area contributed by atoms with Gasteiger partial charge in [-0.3, -0.25) is 4.79 Å². The molecule has 1 spiro atoms. The summed E-state index contributed by atoms with van der Waals surface area (Å²) in [6.45, 7) is 3.75. The minimum atomic E-state index is 0.390. The Morgan fingerprint density at radius 1 is 1.08 bits per heavy atom. The van der Waals surface area contributed by atoms with E-state index < -0.39 is 0 Å². The minimum absolute atomic E-state index is 0.390. The molecule has 0 aromatic heterocycles. The maximum Gasteiger partial charge on any atom is 0.222 e. The van der Waals surface area contributed by atoms with Gasteiger partial charge < -0.3 is 9.64 Å². The molecular weight excluding hydrogens is 298 g/mol. The number of rotatable bonds is 2. The van der Waals surface area contributed by atoms with Gasteiger partial charge >= 0.3 is 0 Å². The predicted molar refractivity (Wildman–Crippen MR) is 94.9 cm³/mol. The summed E-state index contributed by atoms with van der Waals surface area (Å²) in [6.07, 6.45) is 8.85. The van der Waals surface area contributed by atoms with Crippen molar-refractivity contribution in [1.29, 1.82) is 0 Å². The lowest BCUT2D eigenvalue weighted by Gasteiger charge is -2.44. The third-order valence-corrected chi connectivity index (χ3v) is 6.64. The molecule has 1 atom stereocenters. The number of carbonyl (C=O) groups excluding carboxylic acids is 1. The van der Waals surface area contributed by atoms with E-state index in [-0.39, 0.29) is 0 Å². The number of aryl methyl sites for hydroxylation is 1. The quantitative estimate of drug-likeness (QED) is 0.830. The molecule has 2 aliphatic heterocycles. The van der Waals surface area contributed by atoms with Crippen molar-refractivity contribution in [3.05, 3.63) is 35.4 Å². The molecule has 3 heteroatoms. The molecule has 2 heterocycles. The first-order chi connectivity index (χ1) is 11.7. The fourth-order valence-corrected chi connectivity index (χ4v) is 4.86. The highest BCUT2D eigenvalue weighted by molar-refractivity contribution is 5.76. The van der Waals surface area contributed by atoms with Gasteiger partial charge in [-0.25, -0.2) is 0 Å². The van der Waals surface area contributed by atoms with Gasteiger partial charge in [-0.05, 0) is 67.4 Å². The van der Waals surface area contributed by atoms with Gasteiger partial charge in [0.25, 0.3) is 0 Å². The molecule has 1 aromatic carbocycles. The molecular formula is C21H29NO2. The number of likely N-dealkylation sites (tertiary alicyclic amines) is 1. The minimum Gasteiger partial charge on any atom is -0.381 e. The van der Waals surface area contributed by atoms with Crippen LogP contribution >= 0.6 is 0 Å². The Kier molecular flexibility index (Phi) is 4.62. The summed E-state index contributed by atoms with van der Waals surface area (Å²) in [5.74, 6) is 0.924. The van der Waals surface area contributed by atoms with Crippen molar-refractivity contribution < 1.29 is 9.53 Å². The van der Waals surface area contributed by atoms with Crippen molar-refractivity contribution in [2.75, 3.05) is 26.3 Å². The number of ether oxygens (including phenoxy) is 1. The van der Waals surface area contributed by atoms with Gasteiger partial charge in [0.15, 0.2) is 0 Å². The van der Waals surface area contributed by atoms with Gasteiger partial charge in [0.05, 0.1) is 0 Å². The normalized spacial score (nSPS) is 26.2. The molecule has 1 aromatic rings. The molecule has 0 radical (unpaired) electrons. The Morgan fingerprint density at radius 2 is 1.79 bits per heavy atom. The highest BCUT2D eigenvalue weighted by atomic mass is 16.5. The lowest BCUT2D eigenvalue weighted by Crippen LogP contribution is -2.45. The smallest absolute Gasteiger partial charge is 0.222 e. The largest absolute Gasteiger partial charge is 0.381 e. The lowest BCUT2D eigenvalue weighted by atomic mass is 9.72. The maximum atomic E-state index is 12.8. The third kappa shape index (κ3) is 3.37. The van der Waals surface area contributed by atoms with Crippen molar-refractivity contribution in [3.63, 3.8) is 0 Å². The second-order valence-corrected chi connectivity index (χ2v) is 8.07. The number of hydrogen-bond acceptors (Lipinski definition) is 2. The third-order valence-electron chi connectivity index (χ3n) is 6.64. The Labute approximate surface area is 145 Å². The van der Waals surface area contributed by atoms with Crippen LogP contribution in [0.25, 0.3) is 0 Å². The van der Waals surface area contributed by atoms with Gasteiger partial charge in [0, 0.05) is 32.7 Å². The van der Waals surface area contributed by atoms with Crippen LogP contribution in [0.1, 0.15) is 49.7 Å². The fourth-order valence-electron chi connectivity index (χ4n) is 4.86. The highest BCUT2D eigenvalue weighted by Crippen LogP contribution is 2.41. The Balaban J connectivity index is 1.30. The number of nitrogens with zero attached hydrogens (tertiary/aromatic N) is 1. The van der Waals surface area contributed by atoms with Crippen molar-refractivity contribution in [1.82, 2.24) is 4.90 Å². The summed E-state index contributed by atoms with van der Waals surface area (Å²) in [6, 6.07) is 8.73. The molecule has 1 aliphatic carbocycles. The summed E-state index contributed by atoms with van der Waals surface area (Å²) in [5.41, 5.74) is 3.42. The van der Waals surface area contributed by atoms with Crippen molar-refractivity contribution in [2.24, 2.45) is 11.3 Å². The van der Waals surface area contributed by atoms with Crippen LogP contribution in [0, 0.1) is 11.3 Å². The first-order valence-electron chi connectivity index (χ1n) is 9.66. The van der Waals surface area contributed by atoms with E-state index in [2.05, 4.69) is 29.2 Å². The number of carbonyl (C=O) groups is 1. The van der Waals surface area contributed by atoms with Crippen LogP contribution in [0.2, 0.25) is 0 Å². The number of piperidine rings is 1. The number of hydrogen-bond donors (Lipinski definition) is 0. The van der Waals surface area contributed by atoms with Crippen LogP contribution in [-0.4, -0.2) is 37.1 Å². The molecule has 0 saturated carbocycles. The molecule has 24 heavy (non-hydrogen) atoms. The van der Waals surface area contributed by atoms with Gasteiger partial charge in [0.2, 0.25) is 5.91 Å². The van der Waals surface area contributed by atoms with Gasteiger partial charge in [-0.2, -0.15) is 0 Å². The summed E-state index contributed by atoms with van der Waals surface area (Å²) in [4.78, 5) is 14.9. The van der Waals surface area contributed by atoms with Crippen LogP contribution in [-0.2, 0) is 22.4 Å². The van der Waals surface area contributed by atoms with E-state index in [0.717, 1.165) is 52.0 Å². The van der Waals surface area contributed by atoms with Crippen LogP contribution in [0.4, 0.5) is 0 Å². The molecule has 3 nitrogen and oxygen atoms in total. The maximum absolute atomic E-state index is 12.8. The average molecular weight is 327 g/mol. The zero-order chi connectivity index (χ0) is 16.4. The molecule has 130 valence electrons. The molecule has 4 rings (SSSR count). The standard InChI is InChI=1S/C21H29NO2/c23-20(16-17-5-6-18-3-1-2-4-19(18)15-17)22-11-7-21(8-12-22)9-13-24-14-10-21/h1-4,17H,5-16H2. The fraction of sp³-hybridized carbons (Fsp3) is 0.667. The Hall–Kier alpha value is -1.35. The van der Waals surface area contributed by atoms with E-state index >= 15 is 0 Å². The molecule has 3 aliphatic rings. The van der Waals surface area contributed by atoms with E-state index in [0.29, 0.717) is 17.2 Å².